The number of thiazole rings is 1. The maximum absolute atomic E-state index is 13.6. The van der Waals surface area contributed by atoms with Gasteiger partial charge in [-0.15, -0.1) is 11.3 Å². The van der Waals surface area contributed by atoms with Crippen molar-refractivity contribution < 1.29 is 24.6 Å². The normalized spacial score (nSPS) is 21.0. The summed E-state index contributed by atoms with van der Waals surface area (Å²) < 4.78 is 1.82. The number of amides is 1. The number of aromatic nitrogens is 3. The first-order valence-corrected chi connectivity index (χ1v) is 13.6. The summed E-state index contributed by atoms with van der Waals surface area (Å²) in [6.45, 7) is 3.43. The Morgan fingerprint density at radius 1 is 1.15 bits per heavy atom. The van der Waals surface area contributed by atoms with Gasteiger partial charge in [0.15, 0.2) is 0 Å². The van der Waals surface area contributed by atoms with Crippen LogP contribution in [0.2, 0.25) is 0 Å². The molecule has 2 aliphatic heterocycles. The lowest BCUT2D eigenvalue weighted by atomic mass is 9.77. The number of carboxylic acids is 1. The van der Waals surface area contributed by atoms with E-state index in [-0.39, 0.29) is 23.1 Å². The van der Waals surface area contributed by atoms with Gasteiger partial charge in [-0.3, -0.25) is 19.0 Å². The number of nitrogens with zero attached hydrogens (tertiary/aromatic N) is 5. The molecule has 204 valence electrons. The lowest BCUT2D eigenvalue weighted by Crippen LogP contribution is -2.63. The SMILES string of the molecule is C[C@@H](O)[C@H]1C(=O)N2C(C(=O)O)=C(c3cn4c(-c5ccc(N(C)C)cc5)nc(C(=O)c5cccnc5)c4s3)[C@H](C)[C@H]12. The van der Waals surface area contributed by atoms with Crippen molar-refractivity contribution in [1.82, 2.24) is 19.3 Å². The van der Waals surface area contributed by atoms with Crippen LogP contribution in [0.25, 0.3) is 21.8 Å². The number of carboxylic acid groups (broad SMARTS) is 1. The topological polar surface area (TPSA) is 128 Å². The van der Waals surface area contributed by atoms with Gasteiger partial charge in [0.2, 0.25) is 11.7 Å². The Kier molecular flexibility index (Phi) is 6.08. The first-order valence-electron chi connectivity index (χ1n) is 12.8. The van der Waals surface area contributed by atoms with Crippen molar-refractivity contribution >= 4 is 45.1 Å². The molecule has 40 heavy (non-hydrogen) atoms. The second-order valence-corrected chi connectivity index (χ2v) is 11.4. The van der Waals surface area contributed by atoms with Gasteiger partial charge in [-0.2, -0.15) is 0 Å². The largest absolute Gasteiger partial charge is 0.477 e. The van der Waals surface area contributed by atoms with E-state index >= 15 is 0 Å². The molecule has 6 rings (SSSR count). The van der Waals surface area contributed by atoms with Crippen LogP contribution >= 0.6 is 11.3 Å². The third kappa shape index (κ3) is 3.76. The van der Waals surface area contributed by atoms with Crippen molar-refractivity contribution in [2.75, 3.05) is 19.0 Å². The maximum Gasteiger partial charge on any atom is 0.352 e. The highest BCUT2D eigenvalue weighted by atomic mass is 32.1. The summed E-state index contributed by atoms with van der Waals surface area (Å²) in [5.41, 5.74) is 2.86. The number of aliphatic hydroxyl groups is 1. The minimum Gasteiger partial charge on any atom is -0.477 e. The summed E-state index contributed by atoms with van der Waals surface area (Å²) in [6.07, 6.45) is 3.98. The van der Waals surface area contributed by atoms with Crippen LogP contribution < -0.4 is 4.90 Å². The van der Waals surface area contributed by atoms with Crippen LogP contribution in [0.4, 0.5) is 5.69 Å². The maximum atomic E-state index is 13.6. The number of aliphatic carboxylic acids is 1. The molecule has 4 aromatic rings. The van der Waals surface area contributed by atoms with Crippen LogP contribution in [0, 0.1) is 11.8 Å². The molecule has 10 nitrogen and oxygen atoms in total. The quantitative estimate of drug-likeness (QED) is 0.261. The number of β-lactam (4-membered cyclic amide) rings is 1. The Morgan fingerprint density at radius 3 is 2.48 bits per heavy atom. The second-order valence-electron chi connectivity index (χ2n) is 10.4. The molecule has 1 aromatic carbocycles. The molecule has 3 aromatic heterocycles. The highest BCUT2D eigenvalue weighted by molar-refractivity contribution is 7.18. The van der Waals surface area contributed by atoms with Crippen LogP contribution in [0.3, 0.4) is 0 Å². The van der Waals surface area contributed by atoms with Crippen molar-refractivity contribution in [2.45, 2.75) is 26.0 Å². The Hall–Kier alpha value is -4.35. The molecule has 2 aliphatic rings. The average Bonchev–Trinajstić information content (AvgIpc) is 3.57. The van der Waals surface area contributed by atoms with E-state index < -0.39 is 29.9 Å². The highest BCUT2D eigenvalue weighted by Gasteiger charge is 2.60. The van der Waals surface area contributed by atoms with Crippen LogP contribution in [0.1, 0.15) is 34.8 Å². The van der Waals surface area contributed by atoms with Gasteiger partial charge < -0.3 is 20.0 Å². The summed E-state index contributed by atoms with van der Waals surface area (Å²) in [7, 11) is 3.90. The summed E-state index contributed by atoms with van der Waals surface area (Å²) in [6, 6.07) is 10.7. The Balaban J connectivity index is 1.54. The first kappa shape index (κ1) is 25.9. The van der Waals surface area contributed by atoms with Crippen LogP contribution in [-0.2, 0) is 9.59 Å². The number of fused-ring (bicyclic) bond motifs is 2. The van der Waals surface area contributed by atoms with E-state index in [2.05, 4.69) is 4.98 Å². The number of pyridine rings is 1. The van der Waals surface area contributed by atoms with Crippen molar-refractivity contribution in [3.8, 4) is 11.4 Å². The molecule has 11 heteroatoms. The summed E-state index contributed by atoms with van der Waals surface area (Å²) in [5, 5.41) is 20.4. The van der Waals surface area contributed by atoms with E-state index in [0.29, 0.717) is 26.7 Å². The number of carbonyl (C=O) groups is 3. The molecular weight excluding hydrogens is 530 g/mol. The van der Waals surface area contributed by atoms with Crippen molar-refractivity contribution in [2.24, 2.45) is 11.8 Å². The van der Waals surface area contributed by atoms with Gasteiger partial charge in [-0.25, -0.2) is 9.78 Å². The number of hydrogen-bond donors (Lipinski definition) is 2. The fourth-order valence-corrected chi connectivity index (χ4v) is 7.03. The van der Waals surface area contributed by atoms with Crippen LogP contribution in [-0.4, -0.2) is 73.4 Å². The number of ketones is 1. The van der Waals surface area contributed by atoms with Gasteiger partial charge in [0, 0.05) is 61.0 Å². The molecule has 1 saturated heterocycles. The molecule has 0 saturated carbocycles. The fraction of sp³-hybridized carbons (Fsp3) is 0.276. The molecule has 0 aliphatic carbocycles. The van der Waals surface area contributed by atoms with Crippen molar-refractivity contribution in [3.63, 3.8) is 0 Å². The third-order valence-electron chi connectivity index (χ3n) is 7.74. The van der Waals surface area contributed by atoms with Gasteiger partial charge >= 0.3 is 5.97 Å². The molecule has 1 fully saturated rings. The first-order chi connectivity index (χ1) is 19.1. The Morgan fingerprint density at radius 2 is 1.88 bits per heavy atom. The molecule has 0 unspecified atom stereocenters. The molecule has 5 heterocycles. The van der Waals surface area contributed by atoms with Gasteiger partial charge in [0.1, 0.15) is 22.0 Å². The lowest BCUT2D eigenvalue weighted by Gasteiger charge is -2.46. The number of aliphatic hydroxyl groups excluding tert-OH is 1. The van der Waals surface area contributed by atoms with Crippen LogP contribution in [0.5, 0.6) is 0 Å². The fourth-order valence-electron chi connectivity index (χ4n) is 5.79. The molecule has 1 amide bonds. The Bertz CT molecular complexity index is 1700. The number of hydrogen-bond acceptors (Lipinski definition) is 8. The van der Waals surface area contributed by atoms with E-state index in [4.69, 9.17) is 4.98 Å². The number of carbonyl (C=O) groups excluding carboxylic acids is 2. The smallest absolute Gasteiger partial charge is 0.352 e. The van der Waals surface area contributed by atoms with Crippen molar-refractivity contribution in [3.05, 3.63) is 76.8 Å². The van der Waals surface area contributed by atoms with E-state index in [1.807, 2.05) is 54.6 Å². The van der Waals surface area contributed by atoms with Gasteiger partial charge in [-0.1, -0.05) is 6.92 Å². The van der Waals surface area contributed by atoms with E-state index in [9.17, 15) is 24.6 Å². The number of imidazole rings is 1. The molecule has 0 bridgehead atoms. The predicted octanol–water partition coefficient (Wildman–Crippen LogP) is 3.41. The van der Waals surface area contributed by atoms with Crippen LogP contribution in [0.15, 0.2) is 60.7 Å². The third-order valence-corrected chi connectivity index (χ3v) is 8.87. The Labute approximate surface area is 233 Å². The molecular formula is C29H27N5O5S. The van der Waals surface area contributed by atoms with E-state index in [1.54, 1.807) is 31.5 Å². The van der Waals surface area contributed by atoms with Gasteiger partial charge in [0.25, 0.3) is 0 Å². The molecule has 0 radical (unpaired) electrons. The molecule has 4 atom stereocenters. The second kappa shape index (κ2) is 9.39. The average molecular weight is 558 g/mol. The number of anilines is 1. The lowest BCUT2D eigenvalue weighted by molar-refractivity contribution is -0.163. The summed E-state index contributed by atoms with van der Waals surface area (Å²) in [5.74, 6) is -2.35. The summed E-state index contributed by atoms with van der Waals surface area (Å²) >= 11 is 1.26. The number of rotatable bonds is 7. The van der Waals surface area contributed by atoms with Gasteiger partial charge in [0.05, 0.1) is 22.9 Å². The zero-order valence-corrected chi connectivity index (χ0v) is 23.1. The number of benzene rings is 1. The monoisotopic (exact) mass is 557 g/mol. The van der Waals surface area contributed by atoms with Crippen molar-refractivity contribution in [1.29, 1.82) is 0 Å². The van der Waals surface area contributed by atoms with E-state index in [1.165, 1.54) is 22.4 Å². The van der Waals surface area contributed by atoms with E-state index in [0.717, 1.165) is 11.3 Å². The molecule has 0 spiro atoms. The predicted molar refractivity (Wildman–Crippen MR) is 150 cm³/mol. The standard InChI is InChI=1S/C29H27N5O5S/c1-14-20(24(29(38)39)34-23(14)21(15(2)35)27(34)37)19-13-33-26(16-7-9-18(10-8-16)32(3)4)31-22(28(33)40-19)25(36)17-6-5-11-30-12-17/h5-15,21,23,35H,1-4H3,(H,38,39)/t14-,15+,21+,23+/m0/s1. The minimum atomic E-state index is -1.20. The highest BCUT2D eigenvalue weighted by Crippen LogP contribution is 2.51. The minimum absolute atomic E-state index is 0.0751. The summed E-state index contributed by atoms with van der Waals surface area (Å²) in [4.78, 5) is 52.2. The molecule has 2 N–H and O–H groups in total. The van der Waals surface area contributed by atoms with Gasteiger partial charge in [-0.05, 0) is 43.3 Å². The zero-order valence-electron chi connectivity index (χ0n) is 22.3. The zero-order chi connectivity index (χ0) is 28.5.